The van der Waals surface area contributed by atoms with Gasteiger partial charge in [-0.3, -0.25) is 4.68 Å². The molecule has 1 aromatic heterocycles. The van der Waals surface area contributed by atoms with E-state index >= 15 is 0 Å². The minimum atomic E-state index is 0.818. The van der Waals surface area contributed by atoms with E-state index in [2.05, 4.69) is 28.3 Å². The third-order valence-corrected chi connectivity index (χ3v) is 4.28. The molecule has 88 valence electrons. The maximum Gasteiger partial charge on any atom is 0.0527 e. The zero-order valence-electron chi connectivity index (χ0n) is 10.1. The molecule has 2 aliphatic rings. The Hall–Kier alpha value is -0.830. The van der Waals surface area contributed by atoms with Crippen molar-refractivity contribution in [3.05, 3.63) is 17.5 Å². The van der Waals surface area contributed by atoms with Crippen LogP contribution in [0.25, 0.3) is 0 Å². The first kappa shape index (κ1) is 10.3. The Morgan fingerprint density at radius 2 is 2.31 bits per heavy atom. The zero-order valence-corrected chi connectivity index (χ0v) is 10.1. The van der Waals surface area contributed by atoms with Crippen molar-refractivity contribution in [3.8, 4) is 0 Å². The molecule has 0 radical (unpaired) electrons. The lowest BCUT2D eigenvalue weighted by molar-refractivity contribution is 0.413. The maximum absolute atomic E-state index is 4.46. The molecule has 0 bridgehead atoms. The van der Waals surface area contributed by atoms with Gasteiger partial charge in [0.2, 0.25) is 0 Å². The van der Waals surface area contributed by atoms with Crippen LogP contribution < -0.4 is 5.32 Å². The van der Waals surface area contributed by atoms with Crippen LogP contribution in [0.1, 0.15) is 42.9 Å². The van der Waals surface area contributed by atoms with Crippen molar-refractivity contribution < 1.29 is 0 Å². The first-order valence-corrected chi connectivity index (χ1v) is 6.56. The molecule has 0 spiro atoms. The number of nitrogens with one attached hydrogen (secondary N) is 1. The van der Waals surface area contributed by atoms with Gasteiger partial charge in [-0.2, -0.15) is 5.10 Å². The van der Waals surface area contributed by atoms with Gasteiger partial charge in [0.1, 0.15) is 0 Å². The van der Waals surface area contributed by atoms with Gasteiger partial charge < -0.3 is 5.32 Å². The number of hydrogen-bond acceptors (Lipinski definition) is 2. The molecule has 1 saturated carbocycles. The molecule has 1 atom stereocenters. The Labute approximate surface area is 97.2 Å². The van der Waals surface area contributed by atoms with E-state index in [9.17, 15) is 0 Å². The third-order valence-electron chi connectivity index (χ3n) is 4.28. The molecule has 1 aliphatic carbocycles. The number of hydrogen-bond donors (Lipinski definition) is 1. The van der Waals surface area contributed by atoms with Crippen LogP contribution in [0.15, 0.2) is 6.20 Å². The van der Waals surface area contributed by atoms with E-state index in [0.29, 0.717) is 0 Å². The molecule has 1 aromatic rings. The summed E-state index contributed by atoms with van der Waals surface area (Å²) in [7, 11) is 2.10. The second kappa shape index (κ2) is 4.21. The van der Waals surface area contributed by atoms with Crippen LogP contribution in [0.3, 0.4) is 0 Å². The SMILES string of the molecule is Cn1ncc(C2CCC2)c1CC1CCNC1. The summed E-state index contributed by atoms with van der Waals surface area (Å²) in [5, 5.41) is 7.91. The molecular weight excluding hydrogens is 198 g/mol. The quantitative estimate of drug-likeness (QED) is 0.840. The summed E-state index contributed by atoms with van der Waals surface area (Å²) < 4.78 is 2.10. The Morgan fingerprint density at radius 3 is 2.94 bits per heavy atom. The lowest BCUT2D eigenvalue weighted by atomic mass is 9.79. The van der Waals surface area contributed by atoms with E-state index in [-0.39, 0.29) is 0 Å². The normalized spacial score (nSPS) is 25.9. The molecule has 16 heavy (non-hydrogen) atoms. The molecule has 1 unspecified atom stereocenters. The summed E-state index contributed by atoms with van der Waals surface area (Å²) >= 11 is 0. The van der Waals surface area contributed by atoms with Crippen molar-refractivity contribution in [2.45, 2.75) is 38.0 Å². The lowest BCUT2D eigenvalue weighted by Crippen LogP contribution is -2.16. The first-order chi connectivity index (χ1) is 7.84. The highest BCUT2D eigenvalue weighted by atomic mass is 15.3. The molecule has 2 fully saturated rings. The Morgan fingerprint density at radius 1 is 1.44 bits per heavy atom. The highest BCUT2D eigenvalue weighted by Crippen LogP contribution is 2.38. The Balaban J connectivity index is 1.77. The van der Waals surface area contributed by atoms with Crippen molar-refractivity contribution in [1.29, 1.82) is 0 Å². The first-order valence-electron chi connectivity index (χ1n) is 6.56. The molecule has 2 heterocycles. The molecule has 0 amide bonds. The number of rotatable bonds is 3. The van der Waals surface area contributed by atoms with Gasteiger partial charge in [-0.05, 0) is 56.2 Å². The number of nitrogens with zero attached hydrogens (tertiary/aromatic N) is 2. The van der Waals surface area contributed by atoms with E-state index in [4.69, 9.17) is 0 Å². The average molecular weight is 219 g/mol. The van der Waals surface area contributed by atoms with Crippen molar-refractivity contribution in [3.63, 3.8) is 0 Å². The van der Waals surface area contributed by atoms with Gasteiger partial charge in [0, 0.05) is 12.7 Å². The summed E-state index contributed by atoms with van der Waals surface area (Å²) in [5.74, 6) is 1.65. The summed E-state index contributed by atoms with van der Waals surface area (Å²) in [5.41, 5.74) is 3.04. The molecule has 0 aromatic carbocycles. The predicted octanol–water partition coefficient (Wildman–Crippen LogP) is 1.84. The fourth-order valence-corrected chi connectivity index (χ4v) is 2.95. The molecule has 1 aliphatic heterocycles. The van der Waals surface area contributed by atoms with Crippen LogP contribution in [0, 0.1) is 5.92 Å². The monoisotopic (exact) mass is 219 g/mol. The predicted molar refractivity (Wildman–Crippen MR) is 64.5 cm³/mol. The van der Waals surface area contributed by atoms with E-state index < -0.39 is 0 Å². The van der Waals surface area contributed by atoms with E-state index in [0.717, 1.165) is 11.8 Å². The van der Waals surface area contributed by atoms with Gasteiger partial charge in [0.05, 0.1) is 6.20 Å². The van der Waals surface area contributed by atoms with E-state index in [1.807, 2.05) is 0 Å². The third kappa shape index (κ3) is 1.77. The van der Waals surface area contributed by atoms with Crippen LogP contribution in [0.4, 0.5) is 0 Å². The minimum Gasteiger partial charge on any atom is -0.316 e. The van der Waals surface area contributed by atoms with Crippen LogP contribution in [0.5, 0.6) is 0 Å². The van der Waals surface area contributed by atoms with Gasteiger partial charge in [-0.25, -0.2) is 0 Å². The van der Waals surface area contributed by atoms with Gasteiger partial charge in [-0.1, -0.05) is 6.42 Å². The topological polar surface area (TPSA) is 29.9 Å². The fraction of sp³-hybridized carbons (Fsp3) is 0.769. The second-order valence-corrected chi connectivity index (χ2v) is 5.36. The van der Waals surface area contributed by atoms with Gasteiger partial charge >= 0.3 is 0 Å². The van der Waals surface area contributed by atoms with Gasteiger partial charge in [0.25, 0.3) is 0 Å². The van der Waals surface area contributed by atoms with Crippen LogP contribution in [0.2, 0.25) is 0 Å². The van der Waals surface area contributed by atoms with Crippen molar-refractivity contribution >= 4 is 0 Å². The van der Waals surface area contributed by atoms with Crippen molar-refractivity contribution in [2.75, 3.05) is 13.1 Å². The van der Waals surface area contributed by atoms with Gasteiger partial charge in [0.15, 0.2) is 0 Å². The lowest BCUT2D eigenvalue weighted by Gasteiger charge is -2.26. The molecule has 1 N–H and O–H groups in total. The molecule has 1 saturated heterocycles. The minimum absolute atomic E-state index is 0.818. The molecular formula is C13H21N3. The maximum atomic E-state index is 4.46. The smallest absolute Gasteiger partial charge is 0.0527 e. The van der Waals surface area contributed by atoms with Crippen LogP contribution >= 0.6 is 0 Å². The fourth-order valence-electron chi connectivity index (χ4n) is 2.95. The highest BCUT2D eigenvalue weighted by molar-refractivity contribution is 5.25. The van der Waals surface area contributed by atoms with E-state index in [1.165, 1.54) is 50.9 Å². The summed E-state index contributed by atoms with van der Waals surface area (Å²) in [6.45, 7) is 2.39. The molecule has 3 nitrogen and oxygen atoms in total. The van der Waals surface area contributed by atoms with Crippen LogP contribution in [-0.2, 0) is 13.5 Å². The Kier molecular flexibility index (Phi) is 2.72. The van der Waals surface area contributed by atoms with Gasteiger partial charge in [-0.15, -0.1) is 0 Å². The number of aromatic nitrogens is 2. The van der Waals surface area contributed by atoms with E-state index in [1.54, 1.807) is 5.56 Å². The molecule has 3 heteroatoms. The standard InChI is InChI=1S/C13H21N3/c1-16-13(7-10-5-6-14-8-10)12(9-15-16)11-3-2-4-11/h9-11,14H,2-8H2,1H3. The second-order valence-electron chi connectivity index (χ2n) is 5.36. The largest absolute Gasteiger partial charge is 0.316 e. The van der Waals surface area contributed by atoms with Crippen LogP contribution in [-0.4, -0.2) is 22.9 Å². The summed E-state index contributed by atoms with van der Waals surface area (Å²) in [4.78, 5) is 0. The highest BCUT2D eigenvalue weighted by Gasteiger charge is 2.26. The summed E-state index contributed by atoms with van der Waals surface area (Å²) in [6, 6.07) is 0. The van der Waals surface area contributed by atoms with Crippen molar-refractivity contribution in [1.82, 2.24) is 15.1 Å². The van der Waals surface area contributed by atoms with Crippen molar-refractivity contribution in [2.24, 2.45) is 13.0 Å². The number of aryl methyl sites for hydroxylation is 1. The molecule has 3 rings (SSSR count). The Bertz CT molecular complexity index is 359. The average Bonchev–Trinajstić information content (AvgIpc) is 2.80. The zero-order chi connectivity index (χ0) is 11.0. The summed E-state index contributed by atoms with van der Waals surface area (Å²) in [6.07, 6.45) is 8.82.